The van der Waals surface area contributed by atoms with Crippen molar-refractivity contribution in [3.8, 4) is 0 Å². The molecule has 1 aliphatic carbocycles. The molecule has 0 spiro atoms. The van der Waals surface area contributed by atoms with E-state index in [1.165, 1.54) is 5.57 Å². The predicted octanol–water partition coefficient (Wildman–Crippen LogP) is 2.27. The van der Waals surface area contributed by atoms with Gasteiger partial charge in [0.1, 0.15) is 0 Å². The zero-order chi connectivity index (χ0) is 13.7. The highest BCUT2D eigenvalue weighted by molar-refractivity contribution is 5.93. The smallest absolute Gasteiger partial charge is 0.331 e. The van der Waals surface area contributed by atoms with Crippen molar-refractivity contribution in [1.82, 2.24) is 5.32 Å². The van der Waals surface area contributed by atoms with Crippen molar-refractivity contribution in [3.63, 3.8) is 0 Å². The number of rotatable bonds is 5. The summed E-state index contributed by atoms with van der Waals surface area (Å²) < 4.78 is 0. The van der Waals surface area contributed by atoms with Gasteiger partial charge in [0.2, 0.25) is 5.91 Å². The first-order valence-electron chi connectivity index (χ1n) is 6.26. The molecule has 0 aromatic rings. The fourth-order valence-corrected chi connectivity index (χ4v) is 2.28. The van der Waals surface area contributed by atoms with Gasteiger partial charge in [0, 0.05) is 11.6 Å². The van der Waals surface area contributed by atoms with E-state index in [0.717, 1.165) is 25.7 Å². The summed E-state index contributed by atoms with van der Waals surface area (Å²) >= 11 is 0. The van der Waals surface area contributed by atoms with Gasteiger partial charge in [0.05, 0.1) is 6.42 Å². The Morgan fingerprint density at radius 3 is 2.22 bits per heavy atom. The number of carbonyl (C=O) groups excluding carboxylic acids is 1. The van der Waals surface area contributed by atoms with Crippen molar-refractivity contribution >= 4 is 11.9 Å². The van der Waals surface area contributed by atoms with Crippen molar-refractivity contribution in [2.75, 3.05) is 0 Å². The Morgan fingerprint density at radius 2 is 1.78 bits per heavy atom. The minimum atomic E-state index is -1.11. The van der Waals surface area contributed by atoms with Crippen LogP contribution in [0.1, 0.15) is 39.0 Å². The van der Waals surface area contributed by atoms with Crippen molar-refractivity contribution in [2.45, 2.75) is 45.1 Å². The molecule has 0 heterocycles. The van der Waals surface area contributed by atoms with E-state index >= 15 is 0 Å². The maximum Gasteiger partial charge on any atom is 0.331 e. The van der Waals surface area contributed by atoms with E-state index in [1.54, 1.807) is 0 Å². The third kappa shape index (κ3) is 4.35. The van der Waals surface area contributed by atoms with Crippen molar-refractivity contribution in [2.24, 2.45) is 5.92 Å². The summed E-state index contributed by atoms with van der Waals surface area (Å²) in [5.41, 5.74) is 1.14. The number of carboxylic acid groups (broad SMARTS) is 1. The third-order valence-corrected chi connectivity index (χ3v) is 3.47. The quantitative estimate of drug-likeness (QED) is 0.582. The van der Waals surface area contributed by atoms with Crippen molar-refractivity contribution < 1.29 is 14.7 Å². The molecular formula is C14H21NO3. The normalized spacial score (nSPS) is 23.2. The highest BCUT2D eigenvalue weighted by atomic mass is 16.4. The van der Waals surface area contributed by atoms with E-state index < -0.39 is 5.97 Å². The molecule has 100 valence electrons. The summed E-state index contributed by atoms with van der Waals surface area (Å²) in [6.45, 7) is 9.35. The van der Waals surface area contributed by atoms with Crippen LogP contribution in [-0.2, 0) is 9.59 Å². The lowest BCUT2D eigenvalue weighted by Gasteiger charge is -2.29. The molecule has 2 N–H and O–H groups in total. The Balaban J connectivity index is 2.32. The average Bonchev–Trinajstić information content (AvgIpc) is 2.29. The van der Waals surface area contributed by atoms with E-state index in [0.29, 0.717) is 5.92 Å². The first kappa shape index (κ1) is 14.5. The lowest BCUT2D eigenvalue weighted by molar-refractivity contribution is -0.134. The van der Waals surface area contributed by atoms with Gasteiger partial charge >= 0.3 is 5.97 Å². The van der Waals surface area contributed by atoms with E-state index in [-0.39, 0.29) is 23.9 Å². The average molecular weight is 251 g/mol. The monoisotopic (exact) mass is 251 g/mol. The molecule has 4 heteroatoms. The minimum absolute atomic E-state index is 0.0666. The Hall–Kier alpha value is -1.58. The van der Waals surface area contributed by atoms with Gasteiger partial charge in [0.15, 0.2) is 0 Å². The molecule has 0 radical (unpaired) electrons. The third-order valence-electron chi connectivity index (χ3n) is 3.47. The molecule has 0 aromatic heterocycles. The molecule has 1 saturated carbocycles. The first-order valence-corrected chi connectivity index (χ1v) is 6.26. The molecule has 1 amide bonds. The summed E-state index contributed by atoms with van der Waals surface area (Å²) in [5.74, 6) is -0.801. The fourth-order valence-electron chi connectivity index (χ4n) is 2.28. The van der Waals surface area contributed by atoms with Crippen LogP contribution < -0.4 is 5.32 Å². The molecule has 0 saturated heterocycles. The highest BCUT2D eigenvalue weighted by Crippen LogP contribution is 2.28. The first-order chi connectivity index (χ1) is 8.40. The van der Waals surface area contributed by atoms with E-state index in [4.69, 9.17) is 5.11 Å². The number of amides is 1. The lowest BCUT2D eigenvalue weighted by Crippen LogP contribution is -2.38. The predicted molar refractivity (Wildman–Crippen MR) is 70.1 cm³/mol. The summed E-state index contributed by atoms with van der Waals surface area (Å²) in [6.07, 6.45) is 3.82. The number of carboxylic acids is 1. The van der Waals surface area contributed by atoms with Gasteiger partial charge in [-0.25, -0.2) is 4.79 Å². The SMILES string of the molecule is C=C(CC(=O)NC1CCC(C(=C)C)CC1)C(=O)O. The van der Waals surface area contributed by atoms with Crippen LogP contribution in [0.4, 0.5) is 0 Å². The number of hydrogen-bond donors (Lipinski definition) is 2. The molecule has 0 bridgehead atoms. The summed E-state index contributed by atoms with van der Waals surface area (Å²) in [5, 5.41) is 11.5. The summed E-state index contributed by atoms with van der Waals surface area (Å²) in [7, 11) is 0. The second-order valence-corrected chi connectivity index (χ2v) is 5.05. The molecule has 0 aromatic carbocycles. The molecule has 1 aliphatic rings. The second-order valence-electron chi connectivity index (χ2n) is 5.05. The Morgan fingerprint density at radius 1 is 1.22 bits per heavy atom. The molecule has 4 nitrogen and oxygen atoms in total. The van der Waals surface area contributed by atoms with Gasteiger partial charge in [-0.05, 0) is 38.5 Å². The van der Waals surface area contributed by atoms with Gasteiger partial charge in [-0.3, -0.25) is 4.79 Å². The number of aliphatic carboxylic acids is 1. The van der Waals surface area contributed by atoms with Gasteiger partial charge in [0.25, 0.3) is 0 Å². The fraction of sp³-hybridized carbons (Fsp3) is 0.571. The van der Waals surface area contributed by atoms with E-state index in [9.17, 15) is 9.59 Å². The molecule has 1 fully saturated rings. The van der Waals surface area contributed by atoms with Crippen LogP contribution in [0.5, 0.6) is 0 Å². The number of allylic oxidation sites excluding steroid dienone is 1. The standard InChI is InChI=1S/C14H21NO3/c1-9(2)11-4-6-12(7-5-11)15-13(16)8-10(3)14(17)18/h11-12H,1,3-8H2,2H3,(H,15,16)(H,17,18). The molecule has 0 unspecified atom stereocenters. The number of nitrogens with one attached hydrogen (secondary N) is 1. The topological polar surface area (TPSA) is 66.4 Å². The molecular weight excluding hydrogens is 230 g/mol. The van der Waals surface area contributed by atoms with Crippen LogP contribution in [-0.4, -0.2) is 23.0 Å². The van der Waals surface area contributed by atoms with Crippen LogP contribution in [0, 0.1) is 5.92 Å². The number of hydrogen-bond acceptors (Lipinski definition) is 2. The van der Waals surface area contributed by atoms with Crippen LogP contribution in [0.25, 0.3) is 0 Å². The zero-order valence-corrected chi connectivity index (χ0v) is 10.9. The summed E-state index contributed by atoms with van der Waals surface area (Å²) in [4.78, 5) is 22.1. The van der Waals surface area contributed by atoms with Gasteiger partial charge in [-0.15, -0.1) is 0 Å². The highest BCUT2D eigenvalue weighted by Gasteiger charge is 2.23. The lowest BCUT2D eigenvalue weighted by atomic mass is 9.82. The second kappa shape index (κ2) is 6.38. The van der Waals surface area contributed by atoms with Crippen LogP contribution in [0.2, 0.25) is 0 Å². The van der Waals surface area contributed by atoms with E-state index in [1.807, 2.05) is 6.92 Å². The molecule has 0 aliphatic heterocycles. The summed E-state index contributed by atoms with van der Waals surface area (Å²) in [6, 6.07) is 0.162. The zero-order valence-electron chi connectivity index (χ0n) is 10.9. The van der Waals surface area contributed by atoms with Crippen molar-refractivity contribution in [3.05, 3.63) is 24.3 Å². The maximum absolute atomic E-state index is 11.6. The minimum Gasteiger partial charge on any atom is -0.478 e. The Labute approximate surface area is 108 Å². The van der Waals surface area contributed by atoms with Crippen LogP contribution in [0.3, 0.4) is 0 Å². The molecule has 18 heavy (non-hydrogen) atoms. The van der Waals surface area contributed by atoms with Gasteiger partial charge in [-0.1, -0.05) is 18.7 Å². The number of carbonyl (C=O) groups is 2. The molecule has 0 atom stereocenters. The van der Waals surface area contributed by atoms with Crippen molar-refractivity contribution in [1.29, 1.82) is 0 Å². The maximum atomic E-state index is 11.6. The van der Waals surface area contributed by atoms with Crippen LogP contribution in [0.15, 0.2) is 24.3 Å². The van der Waals surface area contributed by atoms with Gasteiger partial charge < -0.3 is 10.4 Å². The molecule has 1 rings (SSSR count). The largest absolute Gasteiger partial charge is 0.478 e. The Bertz CT molecular complexity index is 365. The van der Waals surface area contributed by atoms with Crippen LogP contribution >= 0.6 is 0 Å². The van der Waals surface area contributed by atoms with E-state index in [2.05, 4.69) is 18.5 Å². The Kier molecular flexibility index (Phi) is 5.13. The van der Waals surface area contributed by atoms with Gasteiger partial charge in [-0.2, -0.15) is 0 Å².